The van der Waals surface area contributed by atoms with Gasteiger partial charge in [-0.1, -0.05) is 18.2 Å². The van der Waals surface area contributed by atoms with Crippen molar-refractivity contribution < 1.29 is 9.53 Å². The Morgan fingerprint density at radius 2 is 2.06 bits per heavy atom. The number of fused-ring (bicyclic) bond motifs is 1. The van der Waals surface area contributed by atoms with Gasteiger partial charge in [0.15, 0.2) is 0 Å². The number of rotatable bonds is 5. The third-order valence-corrected chi connectivity index (χ3v) is 6.99. The molecule has 31 heavy (non-hydrogen) atoms. The molecular weight excluding hydrogens is 388 g/mol. The fourth-order valence-electron chi connectivity index (χ4n) is 5.33. The second kappa shape index (κ2) is 8.87. The number of nitrogens with one attached hydrogen (secondary N) is 1. The maximum atomic E-state index is 13.1. The lowest BCUT2D eigenvalue weighted by Gasteiger charge is -2.36. The first-order valence-electron chi connectivity index (χ1n) is 11.6. The van der Waals surface area contributed by atoms with Gasteiger partial charge in [0, 0.05) is 67.6 Å². The Morgan fingerprint density at radius 3 is 2.94 bits per heavy atom. The van der Waals surface area contributed by atoms with Gasteiger partial charge in [0.25, 0.3) is 0 Å². The van der Waals surface area contributed by atoms with Crippen LogP contribution in [0.15, 0.2) is 36.7 Å². The summed E-state index contributed by atoms with van der Waals surface area (Å²) in [7, 11) is 0. The van der Waals surface area contributed by atoms with Gasteiger partial charge in [0.05, 0.1) is 6.04 Å². The number of benzene rings is 1. The molecule has 0 spiro atoms. The van der Waals surface area contributed by atoms with E-state index >= 15 is 0 Å². The van der Waals surface area contributed by atoms with Crippen molar-refractivity contribution in [3.8, 4) is 0 Å². The Hall–Kier alpha value is -2.60. The Labute approximate surface area is 183 Å². The van der Waals surface area contributed by atoms with Gasteiger partial charge in [0.2, 0.25) is 5.91 Å². The van der Waals surface area contributed by atoms with Gasteiger partial charge >= 0.3 is 0 Å². The van der Waals surface area contributed by atoms with Crippen LogP contribution in [0, 0.1) is 6.92 Å². The summed E-state index contributed by atoms with van der Waals surface area (Å²) in [6, 6.07) is 8.63. The molecule has 2 fully saturated rings. The minimum absolute atomic E-state index is 0.264. The summed E-state index contributed by atoms with van der Waals surface area (Å²) in [6.45, 7) is 5.44. The van der Waals surface area contributed by atoms with E-state index in [1.807, 2.05) is 18.5 Å². The van der Waals surface area contributed by atoms with E-state index in [-0.39, 0.29) is 5.91 Å². The second-order valence-corrected chi connectivity index (χ2v) is 9.01. The average Bonchev–Trinajstić information content (AvgIpc) is 3.41. The number of H-pyrrole nitrogens is 1. The van der Waals surface area contributed by atoms with Gasteiger partial charge in [-0.2, -0.15) is 0 Å². The largest absolute Gasteiger partial charge is 0.381 e. The Bertz CT molecular complexity index is 1050. The van der Waals surface area contributed by atoms with Gasteiger partial charge in [-0.05, 0) is 50.7 Å². The molecule has 5 rings (SSSR count). The third-order valence-electron chi connectivity index (χ3n) is 6.99. The molecule has 1 amide bonds. The van der Waals surface area contributed by atoms with Crippen LogP contribution < -0.4 is 0 Å². The fourth-order valence-corrected chi connectivity index (χ4v) is 5.33. The number of aryl methyl sites for hydroxylation is 2. The van der Waals surface area contributed by atoms with E-state index in [1.54, 1.807) is 0 Å². The van der Waals surface area contributed by atoms with Crippen LogP contribution >= 0.6 is 0 Å². The van der Waals surface area contributed by atoms with E-state index in [0.717, 1.165) is 63.9 Å². The van der Waals surface area contributed by atoms with Crippen LogP contribution in [0.5, 0.6) is 0 Å². The Kier molecular flexibility index (Phi) is 5.81. The Morgan fingerprint density at radius 1 is 1.23 bits per heavy atom. The number of amides is 1. The molecule has 0 saturated carbocycles. The molecule has 6 nitrogen and oxygen atoms in total. The molecule has 2 saturated heterocycles. The lowest BCUT2D eigenvalue weighted by atomic mass is 9.97. The van der Waals surface area contributed by atoms with Crippen LogP contribution in [0.3, 0.4) is 0 Å². The monoisotopic (exact) mass is 420 g/mol. The number of aromatic nitrogens is 3. The predicted molar refractivity (Wildman–Crippen MR) is 121 cm³/mol. The highest BCUT2D eigenvalue weighted by Gasteiger charge is 2.29. The summed E-state index contributed by atoms with van der Waals surface area (Å²) in [4.78, 5) is 23.3. The van der Waals surface area contributed by atoms with Crippen molar-refractivity contribution in [1.29, 1.82) is 0 Å². The maximum absolute atomic E-state index is 13.1. The highest BCUT2D eigenvalue weighted by molar-refractivity contribution is 5.84. The lowest BCUT2D eigenvalue weighted by molar-refractivity contribution is -0.132. The van der Waals surface area contributed by atoms with Gasteiger partial charge in [-0.3, -0.25) is 4.79 Å². The molecule has 164 valence electrons. The zero-order chi connectivity index (χ0) is 21.2. The molecule has 3 aromatic rings. The minimum Gasteiger partial charge on any atom is -0.381 e. The van der Waals surface area contributed by atoms with Crippen molar-refractivity contribution in [2.45, 2.75) is 57.4 Å². The van der Waals surface area contributed by atoms with Crippen molar-refractivity contribution in [3.05, 3.63) is 53.7 Å². The first-order valence-corrected chi connectivity index (χ1v) is 11.6. The van der Waals surface area contributed by atoms with Crippen molar-refractivity contribution >= 4 is 16.8 Å². The van der Waals surface area contributed by atoms with E-state index < -0.39 is 0 Å². The highest BCUT2D eigenvalue weighted by Crippen LogP contribution is 2.32. The van der Waals surface area contributed by atoms with Gasteiger partial charge < -0.3 is 19.2 Å². The molecular formula is C25H32N4O2. The first-order chi connectivity index (χ1) is 15.2. The lowest BCUT2D eigenvalue weighted by Crippen LogP contribution is -2.41. The van der Waals surface area contributed by atoms with E-state index in [4.69, 9.17) is 9.72 Å². The van der Waals surface area contributed by atoms with E-state index in [9.17, 15) is 4.79 Å². The van der Waals surface area contributed by atoms with E-state index in [1.165, 1.54) is 22.5 Å². The van der Waals surface area contributed by atoms with Crippen molar-refractivity contribution in [2.24, 2.45) is 0 Å². The summed E-state index contributed by atoms with van der Waals surface area (Å²) >= 11 is 0. The maximum Gasteiger partial charge on any atom is 0.222 e. The van der Waals surface area contributed by atoms with Crippen LogP contribution in [-0.4, -0.2) is 51.6 Å². The predicted octanol–water partition coefficient (Wildman–Crippen LogP) is 4.36. The van der Waals surface area contributed by atoms with Crippen LogP contribution in [0.25, 0.3) is 10.9 Å². The molecule has 0 bridgehead atoms. The van der Waals surface area contributed by atoms with Crippen LogP contribution in [0.2, 0.25) is 0 Å². The zero-order valence-electron chi connectivity index (χ0n) is 18.3. The van der Waals surface area contributed by atoms with Crippen molar-refractivity contribution in [1.82, 2.24) is 19.4 Å². The number of ether oxygens (including phenoxy) is 1. The number of carbonyl (C=O) groups excluding carboxylic acids is 1. The molecule has 6 heteroatoms. The molecule has 1 N–H and O–H groups in total. The molecule has 1 aromatic carbocycles. The van der Waals surface area contributed by atoms with Crippen LogP contribution in [0.4, 0.5) is 0 Å². The number of para-hydroxylation sites is 1. The van der Waals surface area contributed by atoms with Crippen molar-refractivity contribution in [3.63, 3.8) is 0 Å². The van der Waals surface area contributed by atoms with Gasteiger partial charge in [0.1, 0.15) is 5.82 Å². The second-order valence-electron chi connectivity index (χ2n) is 9.01. The highest BCUT2D eigenvalue weighted by atomic mass is 16.5. The number of aromatic amines is 1. The molecule has 1 unspecified atom stereocenters. The topological polar surface area (TPSA) is 63.1 Å². The number of carbonyl (C=O) groups is 1. The van der Waals surface area contributed by atoms with E-state index in [0.29, 0.717) is 18.4 Å². The van der Waals surface area contributed by atoms with Gasteiger partial charge in [-0.25, -0.2) is 4.98 Å². The SMILES string of the molecule is Cc1cnc(C2CCOCC2)n1C1CCCN(C(=O)CCc2c[nH]c3ccccc23)C1. The van der Waals surface area contributed by atoms with E-state index in [2.05, 4.69) is 39.6 Å². The molecule has 0 aliphatic carbocycles. The number of imidazole rings is 1. The molecule has 4 heterocycles. The standard InChI is InChI=1S/C25H32N4O2/c1-18-15-27-25(19-10-13-31-14-11-19)29(18)21-5-4-12-28(17-21)24(30)9-8-20-16-26-23-7-3-2-6-22(20)23/h2-3,6-7,15-16,19,21,26H,4-5,8-14,17H2,1H3. The summed E-state index contributed by atoms with van der Waals surface area (Å²) in [5.41, 5.74) is 3.57. The Balaban J connectivity index is 1.26. The zero-order valence-corrected chi connectivity index (χ0v) is 18.3. The molecule has 0 radical (unpaired) electrons. The normalized spacial score (nSPS) is 20.4. The van der Waals surface area contributed by atoms with Crippen LogP contribution in [0.1, 0.15) is 61.1 Å². The summed E-state index contributed by atoms with van der Waals surface area (Å²) in [6.07, 6.45) is 9.63. The quantitative estimate of drug-likeness (QED) is 0.667. The first kappa shape index (κ1) is 20.3. The number of hydrogen-bond acceptors (Lipinski definition) is 3. The average molecular weight is 421 g/mol. The van der Waals surface area contributed by atoms with Gasteiger partial charge in [-0.15, -0.1) is 0 Å². The summed E-state index contributed by atoms with van der Waals surface area (Å²) in [5, 5.41) is 1.22. The third kappa shape index (κ3) is 4.13. The summed E-state index contributed by atoms with van der Waals surface area (Å²) in [5.74, 6) is 1.93. The number of piperidine rings is 1. The molecule has 1 atom stereocenters. The number of likely N-dealkylation sites (tertiary alicyclic amines) is 1. The number of hydrogen-bond donors (Lipinski definition) is 1. The molecule has 2 aliphatic heterocycles. The van der Waals surface area contributed by atoms with Crippen LogP contribution in [-0.2, 0) is 16.0 Å². The number of nitrogens with zero attached hydrogens (tertiary/aromatic N) is 3. The summed E-state index contributed by atoms with van der Waals surface area (Å²) < 4.78 is 7.98. The fraction of sp³-hybridized carbons (Fsp3) is 0.520. The molecule has 2 aliphatic rings. The molecule has 2 aromatic heterocycles. The minimum atomic E-state index is 0.264. The van der Waals surface area contributed by atoms with Crippen molar-refractivity contribution in [2.75, 3.05) is 26.3 Å². The smallest absolute Gasteiger partial charge is 0.222 e.